The van der Waals surface area contributed by atoms with Crippen LogP contribution in [0.1, 0.15) is 101 Å². The van der Waals surface area contributed by atoms with Crippen molar-refractivity contribution in [3.05, 3.63) is 53.9 Å². The first kappa shape index (κ1) is 40.8. The molecule has 5 fully saturated rings. The van der Waals surface area contributed by atoms with Crippen LogP contribution in [0.3, 0.4) is 0 Å². The second-order valence-corrected chi connectivity index (χ2v) is 19.3. The van der Waals surface area contributed by atoms with Gasteiger partial charge >= 0.3 is 0 Å². The van der Waals surface area contributed by atoms with Gasteiger partial charge in [0.1, 0.15) is 41.0 Å². The molecule has 10 rings (SSSR count). The highest BCUT2D eigenvalue weighted by molar-refractivity contribution is 6.06. The lowest BCUT2D eigenvalue weighted by atomic mass is 9.86. The molecular formula is C47H59N9O6. The summed E-state index contributed by atoms with van der Waals surface area (Å²) in [4.78, 5) is 56.1. The number of fused-ring (bicyclic) bond motifs is 2. The van der Waals surface area contributed by atoms with Gasteiger partial charge in [-0.2, -0.15) is 5.10 Å². The predicted molar refractivity (Wildman–Crippen MR) is 234 cm³/mol. The molecule has 3 saturated heterocycles. The summed E-state index contributed by atoms with van der Waals surface area (Å²) in [6.07, 6.45) is 11.4. The van der Waals surface area contributed by atoms with E-state index in [-0.39, 0.29) is 35.5 Å². The van der Waals surface area contributed by atoms with Gasteiger partial charge in [0.2, 0.25) is 11.8 Å². The van der Waals surface area contributed by atoms with E-state index in [9.17, 15) is 14.4 Å². The van der Waals surface area contributed by atoms with Gasteiger partial charge < -0.3 is 28.9 Å². The standard InChI is InChI=1S/C47H59N9O6/c1-46(2)27-53(21-22-56(46)40-24-37(48-28-49-40)42-34-23-32(62-47(3)17-18-47)9-11-36(34)51-52-42)25-29-5-7-30(8-6-29)61-31-15-19-54(20-16-31)38-12-10-33-35(43(38)60-4)26-55(45(33)59)39-13-14-41(57)50-44(39)58/h9-12,23-24,28-31,39H,5-8,13-22,25-27H2,1-4H3,(H,51,52)(H,50,57,58)/t29-,30-,39?. The highest BCUT2D eigenvalue weighted by Gasteiger charge is 2.42. The van der Waals surface area contributed by atoms with Crippen LogP contribution in [0.4, 0.5) is 11.5 Å². The number of piperazine rings is 1. The number of benzene rings is 2. The molecule has 15 nitrogen and oxygen atoms in total. The molecule has 328 valence electrons. The fourth-order valence-corrected chi connectivity index (χ4v) is 10.7. The van der Waals surface area contributed by atoms with Gasteiger partial charge in [0.05, 0.1) is 42.8 Å². The Kier molecular flexibility index (Phi) is 10.6. The van der Waals surface area contributed by atoms with Crippen LogP contribution in [0.25, 0.3) is 22.3 Å². The molecule has 0 spiro atoms. The highest BCUT2D eigenvalue weighted by Crippen LogP contribution is 2.43. The fourth-order valence-electron chi connectivity index (χ4n) is 10.7. The van der Waals surface area contributed by atoms with Crippen LogP contribution in [-0.2, 0) is 20.9 Å². The summed E-state index contributed by atoms with van der Waals surface area (Å²) in [5, 5.41) is 11.2. The van der Waals surface area contributed by atoms with Gasteiger partial charge in [-0.1, -0.05) is 0 Å². The summed E-state index contributed by atoms with van der Waals surface area (Å²) in [5.74, 6) is 2.26. The second kappa shape index (κ2) is 16.1. The van der Waals surface area contributed by atoms with Crippen molar-refractivity contribution in [2.24, 2.45) is 5.92 Å². The Morgan fingerprint density at radius 1 is 0.871 bits per heavy atom. The van der Waals surface area contributed by atoms with E-state index in [2.05, 4.69) is 68.1 Å². The van der Waals surface area contributed by atoms with Gasteiger partial charge in [0, 0.05) is 73.8 Å². The average Bonchev–Trinajstić information content (AvgIpc) is 3.68. The minimum atomic E-state index is -0.654. The number of imide groups is 1. The molecule has 62 heavy (non-hydrogen) atoms. The number of H-pyrrole nitrogens is 1. The number of hydrogen-bond donors (Lipinski definition) is 2. The molecule has 1 unspecified atom stereocenters. The van der Waals surface area contributed by atoms with Crippen molar-refractivity contribution in [3.63, 3.8) is 0 Å². The van der Waals surface area contributed by atoms with E-state index in [1.807, 2.05) is 24.3 Å². The molecule has 2 aliphatic carbocycles. The van der Waals surface area contributed by atoms with Crippen molar-refractivity contribution in [1.82, 2.24) is 35.3 Å². The van der Waals surface area contributed by atoms with Crippen molar-refractivity contribution in [2.45, 2.75) is 121 Å². The number of methoxy groups -OCH3 is 1. The minimum absolute atomic E-state index is 0.0510. The van der Waals surface area contributed by atoms with Crippen LogP contribution < -0.4 is 24.6 Å². The van der Waals surface area contributed by atoms with E-state index in [0.717, 1.165) is 123 Å². The zero-order valence-electron chi connectivity index (χ0n) is 36.5. The highest BCUT2D eigenvalue weighted by atomic mass is 16.5. The zero-order valence-corrected chi connectivity index (χ0v) is 36.5. The number of amides is 3. The SMILES string of the molecule is COc1c(N2CCC(O[C@H]3CC[C@H](CN4CCN(c5cc(-c6n[nH]c7ccc(OC8(C)CC8)cc67)ncn5)C(C)(C)C4)CC3)CC2)ccc2c1CN(C1CCC(=O)NC1=O)C2=O. The minimum Gasteiger partial charge on any atom is -0.494 e. The number of carbonyl (C=O) groups is 3. The van der Waals surface area contributed by atoms with Gasteiger partial charge in [-0.3, -0.25) is 29.7 Å². The Bertz CT molecular complexity index is 2360. The van der Waals surface area contributed by atoms with Gasteiger partial charge in [-0.05, 0) is 115 Å². The van der Waals surface area contributed by atoms with E-state index >= 15 is 0 Å². The smallest absolute Gasteiger partial charge is 0.255 e. The van der Waals surface area contributed by atoms with Crippen molar-refractivity contribution in [1.29, 1.82) is 0 Å². The zero-order chi connectivity index (χ0) is 42.8. The van der Waals surface area contributed by atoms with E-state index in [0.29, 0.717) is 36.3 Å². The maximum atomic E-state index is 13.4. The van der Waals surface area contributed by atoms with Crippen molar-refractivity contribution in [2.75, 3.05) is 56.2 Å². The van der Waals surface area contributed by atoms with E-state index in [4.69, 9.17) is 19.2 Å². The Hall–Kier alpha value is -5.28. The fraction of sp³-hybridized carbons (Fsp3) is 0.574. The summed E-state index contributed by atoms with van der Waals surface area (Å²) in [6.45, 7) is 12.7. The van der Waals surface area contributed by atoms with Crippen LogP contribution in [0, 0.1) is 5.92 Å². The first-order valence-corrected chi connectivity index (χ1v) is 22.7. The molecule has 15 heteroatoms. The second-order valence-electron chi connectivity index (χ2n) is 19.3. The Balaban J connectivity index is 0.695. The lowest BCUT2D eigenvalue weighted by molar-refractivity contribution is -0.136. The van der Waals surface area contributed by atoms with Crippen LogP contribution >= 0.6 is 0 Å². The molecule has 3 amide bonds. The molecule has 1 atom stereocenters. The van der Waals surface area contributed by atoms with Crippen LogP contribution in [-0.4, -0.2) is 123 Å². The summed E-state index contributed by atoms with van der Waals surface area (Å²) in [6, 6.07) is 11.4. The Morgan fingerprint density at radius 3 is 2.40 bits per heavy atom. The van der Waals surface area contributed by atoms with Crippen molar-refractivity contribution < 1.29 is 28.6 Å². The average molecular weight is 846 g/mol. The third-order valence-electron chi connectivity index (χ3n) is 14.3. The summed E-state index contributed by atoms with van der Waals surface area (Å²) in [5.41, 5.74) is 4.77. The monoisotopic (exact) mass is 845 g/mol. The van der Waals surface area contributed by atoms with Crippen LogP contribution in [0.15, 0.2) is 42.7 Å². The first-order chi connectivity index (χ1) is 29.9. The van der Waals surface area contributed by atoms with Crippen molar-refractivity contribution in [3.8, 4) is 22.9 Å². The number of anilines is 2. The molecule has 0 radical (unpaired) electrons. The van der Waals surface area contributed by atoms with Gasteiger partial charge in [-0.15, -0.1) is 0 Å². The molecule has 6 aliphatic rings. The topological polar surface area (TPSA) is 158 Å². The van der Waals surface area contributed by atoms with E-state index in [1.165, 1.54) is 12.8 Å². The maximum absolute atomic E-state index is 13.4. The lowest BCUT2D eigenvalue weighted by Crippen LogP contribution is -2.60. The molecule has 6 heterocycles. The normalized spacial score (nSPS) is 25.3. The van der Waals surface area contributed by atoms with Crippen LogP contribution in [0.5, 0.6) is 11.5 Å². The Labute approximate surface area is 362 Å². The third-order valence-corrected chi connectivity index (χ3v) is 14.3. The lowest BCUT2D eigenvalue weighted by Gasteiger charge is -2.49. The molecule has 2 saturated carbocycles. The van der Waals surface area contributed by atoms with Gasteiger partial charge in [0.25, 0.3) is 5.91 Å². The maximum Gasteiger partial charge on any atom is 0.255 e. The number of aromatic amines is 1. The number of piperidine rings is 2. The number of carbonyl (C=O) groups excluding carboxylic acids is 3. The summed E-state index contributed by atoms with van der Waals surface area (Å²) in [7, 11) is 1.64. The quantitative estimate of drug-likeness (QED) is 0.174. The van der Waals surface area contributed by atoms with E-state index < -0.39 is 11.9 Å². The first-order valence-electron chi connectivity index (χ1n) is 22.7. The molecule has 2 N–H and O–H groups in total. The number of hydrogen-bond acceptors (Lipinski definition) is 12. The molecule has 2 aromatic carbocycles. The molecule has 2 aromatic heterocycles. The largest absolute Gasteiger partial charge is 0.494 e. The predicted octanol–water partition coefficient (Wildman–Crippen LogP) is 5.87. The molecular weight excluding hydrogens is 787 g/mol. The third kappa shape index (κ3) is 7.97. The number of nitrogens with zero attached hydrogens (tertiary/aromatic N) is 7. The summed E-state index contributed by atoms with van der Waals surface area (Å²) >= 11 is 0. The van der Waals surface area contributed by atoms with Gasteiger partial charge in [-0.25, -0.2) is 9.97 Å². The van der Waals surface area contributed by atoms with Crippen LogP contribution in [0.2, 0.25) is 0 Å². The number of nitrogens with one attached hydrogen (secondary N) is 2. The molecule has 4 aliphatic heterocycles. The number of aromatic nitrogens is 4. The molecule has 4 aromatic rings. The van der Waals surface area contributed by atoms with E-state index in [1.54, 1.807) is 18.3 Å². The summed E-state index contributed by atoms with van der Waals surface area (Å²) < 4.78 is 19.0. The number of ether oxygens (including phenoxy) is 3. The number of rotatable bonds is 11. The molecule has 0 bridgehead atoms. The Morgan fingerprint density at radius 2 is 1.66 bits per heavy atom. The van der Waals surface area contributed by atoms with Crippen molar-refractivity contribution >= 4 is 40.1 Å². The van der Waals surface area contributed by atoms with Gasteiger partial charge in [0.15, 0.2) is 0 Å².